The number of hydrogen-bond donors (Lipinski definition) is 0. The Hall–Kier alpha value is -1.09. The van der Waals surface area contributed by atoms with Crippen LogP contribution in [0.1, 0.15) is 19.4 Å². The first-order valence-corrected chi connectivity index (χ1v) is 5.90. The Morgan fingerprint density at radius 3 is 2.44 bits per heavy atom. The minimum Gasteiger partial charge on any atom is -0.566 e. The minimum atomic E-state index is -2.97. The van der Waals surface area contributed by atoms with Crippen LogP contribution in [0.25, 0.3) is 0 Å². The molecule has 0 saturated heterocycles. The Morgan fingerprint density at radius 1 is 1.38 bits per heavy atom. The molecule has 1 unspecified atom stereocenters. The Bertz CT molecular complexity index is 386. The summed E-state index contributed by atoms with van der Waals surface area (Å²) >= 11 is 0. The summed E-state index contributed by atoms with van der Waals surface area (Å²) in [5, 5.41) is 0. The van der Waals surface area contributed by atoms with E-state index in [-0.39, 0.29) is 5.78 Å². The molecule has 0 heterocycles. The van der Waals surface area contributed by atoms with Crippen molar-refractivity contribution in [3.63, 3.8) is 0 Å². The molecular formula is C11H13O4P. The van der Waals surface area contributed by atoms with E-state index in [1.807, 2.05) is 30.3 Å². The maximum atomic E-state index is 11.8. The van der Waals surface area contributed by atoms with E-state index in [1.54, 1.807) is 13.8 Å². The van der Waals surface area contributed by atoms with Crippen LogP contribution in [-0.2, 0) is 19.3 Å². The number of Topliss-reactive ketones (excluding diaryl/α,β-unsaturated/α-hetero) is 1. The largest absolute Gasteiger partial charge is 0.566 e. The van der Waals surface area contributed by atoms with Crippen molar-refractivity contribution in [3.05, 3.63) is 35.9 Å². The molecule has 0 amide bonds. The third-order valence-corrected chi connectivity index (χ3v) is 2.83. The number of hydrogen-bond acceptors (Lipinski definition) is 4. The zero-order valence-electron chi connectivity index (χ0n) is 9.17. The van der Waals surface area contributed by atoms with Gasteiger partial charge in [0.25, 0.3) is 0 Å². The highest BCUT2D eigenvalue weighted by Crippen LogP contribution is 2.25. The van der Waals surface area contributed by atoms with Crippen molar-refractivity contribution in [2.45, 2.75) is 19.3 Å². The van der Waals surface area contributed by atoms with Gasteiger partial charge in [0.05, 0.1) is 5.41 Å². The van der Waals surface area contributed by atoms with Gasteiger partial charge in [0, 0.05) is 0 Å². The second kappa shape index (κ2) is 5.30. The maximum Gasteiger partial charge on any atom is 0.488 e. The highest BCUT2D eigenvalue weighted by atomic mass is 31.1. The molecule has 0 aliphatic heterocycles. The van der Waals surface area contributed by atoms with Crippen molar-refractivity contribution in [2.24, 2.45) is 0 Å². The molecule has 5 heteroatoms. The molecule has 1 aromatic rings. The highest BCUT2D eigenvalue weighted by molar-refractivity contribution is 7.30. The van der Waals surface area contributed by atoms with Gasteiger partial charge in [-0.2, -0.15) is 0 Å². The summed E-state index contributed by atoms with van der Waals surface area (Å²) in [7, 11) is -2.97. The molecule has 86 valence electrons. The third kappa shape index (κ3) is 3.20. The minimum absolute atomic E-state index is 0.266. The molecule has 4 nitrogen and oxygen atoms in total. The summed E-state index contributed by atoms with van der Waals surface area (Å²) < 4.78 is 14.5. The number of carbonyl (C=O) groups excluding carboxylic acids is 1. The van der Waals surface area contributed by atoms with Gasteiger partial charge in [0.1, 0.15) is 0 Å². The van der Waals surface area contributed by atoms with E-state index in [4.69, 9.17) is 0 Å². The lowest BCUT2D eigenvalue weighted by atomic mass is 9.81. The summed E-state index contributed by atoms with van der Waals surface area (Å²) in [6.45, 7) is 3.07. The Labute approximate surface area is 95.2 Å². The molecule has 0 aliphatic rings. The van der Waals surface area contributed by atoms with Gasteiger partial charge in [0.2, 0.25) is 0 Å². The van der Waals surface area contributed by atoms with Crippen LogP contribution in [0.3, 0.4) is 0 Å². The fourth-order valence-electron chi connectivity index (χ4n) is 1.31. The van der Waals surface area contributed by atoms with Gasteiger partial charge < -0.3 is 4.89 Å². The summed E-state index contributed by atoms with van der Waals surface area (Å²) in [5.41, 5.74) is 0.0943. The molecule has 0 bridgehead atoms. The predicted octanol–water partition coefficient (Wildman–Crippen LogP) is 1.57. The van der Waals surface area contributed by atoms with E-state index in [0.717, 1.165) is 5.56 Å². The smallest absolute Gasteiger partial charge is 0.488 e. The van der Waals surface area contributed by atoms with Crippen molar-refractivity contribution in [3.8, 4) is 0 Å². The van der Waals surface area contributed by atoms with E-state index in [1.165, 1.54) is 0 Å². The van der Waals surface area contributed by atoms with Crippen LogP contribution in [0.15, 0.2) is 30.3 Å². The van der Waals surface area contributed by atoms with Crippen LogP contribution in [-0.4, -0.2) is 12.4 Å². The van der Waals surface area contributed by atoms with Crippen LogP contribution in [0.5, 0.6) is 0 Å². The number of benzene rings is 1. The SMILES string of the molecule is CC(C)(C(=O)CO[P+](=O)[O-])c1ccccc1. The Kier molecular flexibility index (Phi) is 4.30. The van der Waals surface area contributed by atoms with Gasteiger partial charge in [-0.1, -0.05) is 30.3 Å². The van der Waals surface area contributed by atoms with Gasteiger partial charge in [0.15, 0.2) is 12.4 Å². The van der Waals surface area contributed by atoms with E-state index in [0.29, 0.717) is 0 Å². The standard InChI is InChI=1S/C11H13O4P/c1-11(2,9-6-4-3-5-7-9)10(12)8-15-16(13)14/h3-7H,8H2,1-2H3. The lowest BCUT2D eigenvalue weighted by molar-refractivity contribution is -0.186. The zero-order valence-corrected chi connectivity index (χ0v) is 10.1. The molecule has 0 aliphatic carbocycles. The topological polar surface area (TPSA) is 66.4 Å². The van der Waals surface area contributed by atoms with Crippen LogP contribution < -0.4 is 4.89 Å². The average molecular weight is 240 g/mol. The second-order valence-electron chi connectivity index (χ2n) is 3.91. The van der Waals surface area contributed by atoms with Gasteiger partial charge in [-0.15, -0.1) is 4.52 Å². The van der Waals surface area contributed by atoms with Crippen LogP contribution in [0.2, 0.25) is 0 Å². The quantitative estimate of drug-likeness (QED) is 0.732. The van der Waals surface area contributed by atoms with Gasteiger partial charge in [-0.05, 0) is 24.0 Å². The van der Waals surface area contributed by atoms with E-state index >= 15 is 0 Å². The molecule has 1 rings (SSSR count). The monoisotopic (exact) mass is 240 g/mol. The summed E-state index contributed by atoms with van der Waals surface area (Å²) in [5.74, 6) is -0.266. The first-order chi connectivity index (χ1) is 7.44. The third-order valence-electron chi connectivity index (χ3n) is 2.49. The van der Waals surface area contributed by atoms with Crippen LogP contribution in [0.4, 0.5) is 0 Å². The molecule has 16 heavy (non-hydrogen) atoms. The molecule has 0 aromatic heterocycles. The maximum absolute atomic E-state index is 11.8. The van der Waals surface area contributed by atoms with Crippen molar-refractivity contribution in [1.82, 2.24) is 0 Å². The fourth-order valence-corrected chi connectivity index (χ4v) is 1.53. The van der Waals surface area contributed by atoms with E-state index in [9.17, 15) is 14.3 Å². The normalized spacial score (nSPS) is 12.3. The first-order valence-electron chi connectivity index (χ1n) is 4.80. The predicted molar refractivity (Wildman–Crippen MR) is 58.0 cm³/mol. The zero-order chi connectivity index (χ0) is 12.2. The van der Waals surface area contributed by atoms with Crippen molar-refractivity contribution in [2.75, 3.05) is 6.61 Å². The Morgan fingerprint density at radius 2 is 1.94 bits per heavy atom. The van der Waals surface area contributed by atoms with Gasteiger partial charge in [-0.3, -0.25) is 4.79 Å². The van der Waals surface area contributed by atoms with Gasteiger partial charge >= 0.3 is 8.25 Å². The average Bonchev–Trinajstić information content (AvgIpc) is 2.27. The number of ketones is 1. The molecular weight excluding hydrogens is 227 g/mol. The molecule has 1 atom stereocenters. The van der Waals surface area contributed by atoms with Crippen molar-refractivity contribution >= 4 is 14.0 Å². The summed E-state index contributed by atoms with van der Waals surface area (Å²) in [6, 6.07) is 9.18. The summed E-state index contributed by atoms with van der Waals surface area (Å²) in [4.78, 5) is 22.0. The van der Waals surface area contributed by atoms with Crippen molar-refractivity contribution < 1.29 is 18.8 Å². The lowest BCUT2D eigenvalue weighted by Gasteiger charge is -2.22. The number of carbonyl (C=O) groups is 1. The number of rotatable bonds is 5. The molecule has 1 aromatic carbocycles. The molecule has 0 N–H and O–H groups in total. The Balaban J connectivity index is 2.78. The lowest BCUT2D eigenvalue weighted by Crippen LogP contribution is -2.32. The molecule has 0 saturated carbocycles. The fraction of sp³-hybridized carbons (Fsp3) is 0.364. The van der Waals surface area contributed by atoms with Crippen molar-refractivity contribution in [1.29, 1.82) is 0 Å². The first kappa shape index (κ1) is 13.0. The van der Waals surface area contributed by atoms with Crippen LogP contribution >= 0.6 is 8.25 Å². The second-order valence-corrected chi connectivity index (χ2v) is 4.62. The van der Waals surface area contributed by atoms with E-state index < -0.39 is 20.3 Å². The molecule has 0 spiro atoms. The van der Waals surface area contributed by atoms with Crippen LogP contribution in [0, 0.1) is 0 Å². The summed E-state index contributed by atoms with van der Waals surface area (Å²) in [6.07, 6.45) is 0. The van der Waals surface area contributed by atoms with Gasteiger partial charge in [-0.25, -0.2) is 0 Å². The molecule has 0 fully saturated rings. The molecule has 0 radical (unpaired) electrons. The van der Waals surface area contributed by atoms with E-state index in [2.05, 4.69) is 4.52 Å². The highest BCUT2D eigenvalue weighted by Gasteiger charge is 2.30.